The van der Waals surface area contributed by atoms with Gasteiger partial charge in [0.15, 0.2) is 0 Å². The molecule has 0 heterocycles. The van der Waals surface area contributed by atoms with Gasteiger partial charge in [-0.3, -0.25) is 10.1 Å². The molecule has 1 atom stereocenters. The number of aliphatic hydroxyl groups excluding tert-OH is 1. The summed E-state index contributed by atoms with van der Waals surface area (Å²) in [4.78, 5) is 9.41. The first-order chi connectivity index (χ1) is 8.21. The normalized spacial score (nSPS) is 13.2. The lowest BCUT2D eigenvalue weighted by atomic mass is 10.1. The second kappa shape index (κ2) is 5.21. The molecule has 1 aromatic carbocycles. The summed E-state index contributed by atoms with van der Waals surface area (Å²) >= 11 is 0. The molecule has 0 aromatic heterocycles. The number of aliphatic hydroxyl groups is 1. The van der Waals surface area contributed by atoms with E-state index in [0.717, 1.165) is 12.1 Å². The second-order valence-electron chi connectivity index (χ2n) is 3.72. The lowest BCUT2D eigenvalue weighted by Gasteiger charge is -2.12. The van der Waals surface area contributed by atoms with Crippen molar-refractivity contribution in [1.82, 2.24) is 0 Å². The van der Waals surface area contributed by atoms with Crippen LogP contribution < -0.4 is 5.32 Å². The first-order valence-corrected chi connectivity index (χ1v) is 4.99. The molecule has 0 aliphatic carbocycles. The largest absolute Gasteiger partial charge is 0.423 e. The van der Waals surface area contributed by atoms with E-state index in [0.29, 0.717) is 6.07 Å². The van der Waals surface area contributed by atoms with Crippen molar-refractivity contribution in [2.75, 3.05) is 11.9 Å². The Bertz CT molecular complexity index is 446. The van der Waals surface area contributed by atoms with Crippen molar-refractivity contribution in [3.05, 3.63) is 33.9 Å². The molecule has 100 valence electrons. The van der Waals surface area contributed by atoms with Crippen molar-refractivity contribution in [2.45, 2.75) is 19.2 Å². The minimum atomic E-state index is -4.80. The molecule has 1 unspecified atom stereocenters. The van der Waals surface area contributed by atoms with E-state index in [2.05, 4.69) is 5.32 Å². The van der Waals surface area contributed by atoms with E-state index in [9.17, 15) is 23.3 Å². The van der Waals surface area contributed by atoms with E-state index < -0.39 is 28.5 Å². The molecule has 0 bridgehead atoms. The lowest BCUT2D eigenvalue weighted by molar-refractivity contribution is -0.388. The Labute approximate surface area is 100 Å². The zero-order chi connectivity index (χ0) is 13.9. The van der Waals surface area contributed by atoms with Crippen LogP contribution in [0.2, 0.25) is 0 Å². The summed E-state index contributed by atoms with van der Waals surface area (Å²) in [5.74, 6) is 0. The molecule has 0 radical (unpaired) electrons. The molecule has 0 aliphatic rings. The number of nitrogens with zero attached hydrogens (tertiary/aromatic N) is 1. The van der Waals surface area contributed by atoms with Gasteiger partial charge in [0.25, 0.3) is 5.69 Å². The standard InChI is InChI=1S/C10H11F3N2O3/c1-6(16)5-14-7-2-3-9(15(17)18)8(4-7)10(11,12)13/h2-4,6,14,16H,5H2,1H3. The van der Waals surface area contributed by atoms with Gasteiger partial charge in [-0.1, -0.05) is 0 Å². The topological polar surface area (TPSA) is 75.4 Å². The zero-order valence-corrected chi connectivity index (χ0v) is 9.36. The van der Waals surface area contributed by atoms with Crippen LogP contribution in [0.3, 0.4) is 0 Å². The van der Waals surface area contributed by atoms with Gasteiger partial charge in [0.1, 0.15) is 5.56 Å². The van der Waals surface area contributed by atoms with Crippen LogP contribution >= 0.6 is 0 Å². The van der Waals surface area contributed by atoms with Gasteiger partial charge < -0.3 is 10.4 Å². The van der Waals surface area contributed by atoms with Crippen molar-refractivity contribution >= 4 is 11.4 Å². The third-order valence-corrected chi connectivity index (χ3v) is 2.10. The quantitative estimate of drug-likeness (QED) is 0.646. The highest BCUT2D eigenvalue weighted by molar-refractivity contribution is 5.55. The van der Waals surface area contributed by atoms with Crippen LogP contribution in [0, 0.1) is 10.1 Å². The number of hydrogen-bond donors (Lipinski definition) is 2. The van der Waals surface area contributed by atoms with E-state index in [1.807, 2.05) is 0 Å². The van der Waals surface area contributed by atoms with Crippen LogP contribution in [0.4, 0.5) is 24.5 Å². The number of nitrogens with one attached hydrogen (secondary N) is 1. The number of rotatable bonds is 4. The molecule has 2 N–H and O–H groups in total. The van der Waals surface area contributed by atoms with Gasteiger partial charge in [0, 0.05) is 18.3 Å². The predicted octanol–water partition coefficient (Wildman–Crippen LogP) is 2.41. The maximum atomic E-state index is 12.6. The minimum absolute atomic E-state index is 0.0507. The van der Waals surface area contributed by atoms with Crippen molar-refractivity contribution < 1.29 is 23.2 Å². The third kappa shape index (κ3) is 3.59. The number of benzene rings is 1. The van der Waals surface area contributed by atoms with Gasteiger partial charge in [-0.05, 0) is 19.1 Å². The summed E-state index contributed by atoms with van der Waals surface area (Å²) in [5, 5.41) is 22.0. The zero-order valence-electron chi connectivity index (χ0n) is 9.36. The van der Waals surface area contributed by atoms with Crippen LogP contribution in [-0.2, 0) is 6.18 Å². The van der Waals surface area contributed by atoms with Gasteiger partial charge in [0.2, 0.25) is 0 Å². The van der Waals surface area contributed by atoms with Crippen molar-refractivity contribution in [3.8, 4) is 0 Å². The first-order valence-electron chi connectivity index (χ1n) is 4.99. The number of hydrogen-bond acceptors (Lipinski definition) is 4. The highest BCUT2D eigenvalue weighted by atomic mass is 19.4. The molecule has 0 saturated carbocycles. The van der Waals surface area contributed by atoms with Gasteiger partial charge in [-0.2, -0.15) is 13.2 Å². The molecular formula is C10H11F3N2O3. The Morgan fingerprint density at radius 3 is 2.56 bits per heavy atom. The third-order valence-electron chi connectivity index (χ3n) is 2.10. The van der Waals surface area contributed by atoms with E-state index in [4.69, 9.17) is 5.11 Å². The molecule has 0 saturated heterocycles. The SMILES string of the molecule is CC(O)CNc1ccc([N+](=O)[O-])c(C(F)(F)F)c1. The minimum Gasteiger partial charge on any atom is -0.392 e. The molecule has 5 nitrogen and oxygen atoms in total. The fraction of sp³-hybridized carbons (Fsp3) is 0.400. The maximum absolute atomic E-state index is 12.6. The highest BCUT2D eigenvalue weighted by Gasteiger charge is 2.38. The molecule has 18 heavy (non-hydrogen) atoms. The number of nitro groups is 1. The molecular weight excluding hydrogens is 253 g/mol. The van der Waals surface area contributed by atoms with E-state index in [-0.39, 0.29) is 12.2 Å². The summed E-state index contributed by atoms with van der Waals surface area (Å²) < 4.78 is 37.8. The van der Waals surface area contributed by atoms with Gasteiger partial charge >= 0.3 is 6.18 Å². The van der Waals surface area contributed by atoms with Gasteiger partial charge in [-0.25, -0.2) is 0 Å². The summed E-state index contributed by atoms with van der Waals surface area (Å²) in [6, 6.07) is 2.60. The Hall–Kier alpha value is -1.83. The number of halogens is 3. The predicted molar refractivity (Wildman–Crippen MR) is 58.3 cm³/mol. The maximum Gasteiger partial charge on any atom is 0.423 e. The van der Waals surface area contributed by atoms with Crippen molar-refractivity contribution in [2.24, 2.45) is 0 Å². The highest BCUT2D eigenvalue weighted by Crippen LogP contribution is 2.37. The summed E-state index contributed by atoms with van der Waals surface area (Å²) in [7, 11) is 0. The Morgan fingerprint density at radius 1 is 1.50 bits per heavy atom. The Morgan fingerprint density at radius 2 is 2.11 bits per heavy atom. The van der Waals surface area contributed by atoms with E-state index >= 15 is 0 Å². The van der Waals surface area contributed by atoms with Crippen LogP contribution in [0.5, 0.6) is 0 Å². The van der Waals surface area contributed by atoms with Crippen LogP contribution in [0.15, 0.2) is 18.2 Å². The van der Waals surface area contributed by atoms with Crippen LogP contribution in [0.25, 0.3) is 0 Å². The van der Waals surface area contributed by atoms with Gasteiger partial charge in [0.05, 0.1) is 11.0 Å². The number of nitro benzene ring substituents is 1. The fourth-order valence-corrected chi connectivity index (χ4v) is 1.30. The van der Waals surface area contributed by atoms with E-state index in [1.54, 1.807) is 0 Å². The number of alkyl halides is 3. The lowest BCUT2D eigenvalue weighted by Crippen LogP contribution is -2.16. The molecule has 0 spiro atoms. The van der Waals surface area contributed by atoms with Crippen molar-refractivity contribution in [3.63, 3.8) is 0 Å². The smallest absolute Gasteiger partial charge is 0.392 e. The average molecular weight is 264 g/mol. The summed E-state index contributed by atoms with van der Waals surface area (Å²) in [5.41, 5.74) is -2.25. The molecule has 0 amide bonds. The van der Waals surface area contributed by atoms with E-state index in [1.165, 1.54) is 6.92 Å². The monoisotopic (exact) mass is 264 g/mol. The first kappa shape index (κ1) is 14.2. The van der Waals surface area contributed by atoms with Gasteiger partial charge in [-0.15, -0.1) is 0 Å². The molecule has 8 heteroatoms. The second-order valence-corrected chi connectivity index (χ2v) is 3.72. The Balaban J connectivity index is 3.10. The molecule has 1 rings (SSSR count). The average Bonchev–Trinajstić information content (AvgIpc) is 2.24. The fourth-order valence-electron chi connectivity index (χ4n) is 1.30. The summed E-state index contributed by atoms with van der Waals surface area (Å²) in [6.45, 7) is 1.51. The Kier molecular flexibility index (Phi) is 4.12. The molecule has 0 fully saturated rings. The molecule has 1 aromatic rings. The molecule has 0 aliphatic heterocycles. The van der Waals surface area contributed by atoms with Crippen LogP contribution in [0.1, 0.15) is 12.5 Å². The number of anilines is 1. The van der Waals surface area contributed by atoms with Crippen LogP contribution in [-0.4, -0.2) is 22.7 Å². The van der Waals surface area contributed by atoms with Crippen molar-refractivity contribution in [1.29, 1.82) is 0 Å². The summed E-state index contributed by atoms with van der Waals surface area (Å²) in [6.07, 6.45) is -5.54.